The van der Waals surface area contributed by atoms with Gasteiger partial charge < -0.3 is 10.6 Å². The molecule has 1 aromatic rings. The summed E-state index contributed by atoms with van der Waals surface area (Å²) < 4.78 is 0. The molecule has 2 N–H and O–H groups in total. The van der Waals surface area contributed by atoms with Gasteiger partial charge in [0.2, 0.25) is 0 Å². The van der Waals surface area contributed by atoms with Gasteiger partial charge in [0.25, 0.3) is 0 Å². The Kier molecular flexibility index (Phi) is 2.21. The maximum Gasteiger partial charge on any atom is 0.0467 e. The fourth-order valence-electron chi connectivity index (χ4n) is 3.10. The minimum absolute atomic E-state index is 0.103. The zero-order valence-electron chi connectivity index (χ0n) is 9.95. The van der Waals surface area contributed by atoms with Crippen LogP contribution in [-0.4, -0.2) is 18.1 Å². The van der Waals surface area contributed by atoms with E-state index >= 15 is 0 Å². The zero-order chi connectivity index (χ0) is 11.2. The molecule has 1 heterocycles. The number of para-hydroxylation sites is 1. The van der Waals surface area contributed by atoms with E-state index < -0.39 is 0 Å². The molecule has 1 aromatic carbocycles. The Morgan fingerprint density at radius 2 is 2.12 bits per heavy atom. The number of rotatable bonds is 3. The van der Waals surface area contributed by atoms with Gasteiger partial charge in [-0.1, -0.05) is 25.1 Å². The largest absolute Gasteiger partial charge is 0.366 e. The van der Waals surface area contributed by atoms with E-state index in [2.05, 4.69) is 36.1 Å². The number of nitrogens with two attached hydrogens (primary N) is 1. The van der Waals surface area contributed by atoms with Crippen LogP contribution in [0.5, 0.6) is 0 Å². The Hall–Kier alpha value is -1.02. The third-order valence-electron chi connectivity index (χ3n) is 4.18. The van der Waals surface area contributed by atoms with Gasteiger partial charge in [0.15, 0.2) is 0 Å². The van der Waals surface area contributed by atoms with E-state index in [1.807, 2.05) is 0 Å². The van der Waals surface area contributed by atoms with E-state index in [0.29, 0.717) is 6.04 Å². The molecule has 1 saturated carbocycles. The van der Waals surface area contributed by atoms with Crippen LogP contribution in [0, 0.1) is 0 Å². The number of nitrogens with zero attached hydrogens (tertiary/aromatic N) is 1. The monoisotopic (exact) mass is 216 g/mol. The average molecular weight is 216 g/mol. The third kappa shape index (κ3) is 1.44. The highest BCUT2D eigenvalue weighted by Gasteiger charge is 2.48. The zero-order valence-corrected chi connectivity index (χ0v) is 9.95. The van der Waals surface area contributed by atoms with Crippen LogP contribution in [0.3, 0.4) is 0 Å². The topological polar surface area (TPSA) is 29.3 Å². The molecule has 16 heavy (non-hydrogen) atoms. The van der Waals surface area contributed by atoms with Crippen LogP contribution in [0.4, 0.5) is 5.69 Å². The summed E-state index contributed by atoms with van der Waals surface area (Å²) in [4.78, 5) is 2.54. The lowest BCUT2D eigenvalue weighted by atomic mass is 10.0. The molecule has 1 fully saturated rings. The second-order valence-corrected chi connectivity index (χ2v) is 5.23. The molecule has 1 aliphatic heterocycles. The summed E-state index contributed by atoms with van der Waals surface area (Å²) in [7, 11) is 0. The van der Waals surface area contributed by atoms with Crippen LogP contribution in [-0.2, 0) is 6.42 Å². The first-order valence-electron chi connectivity index (χ1n) is 6.38. The number of anilines is 1. The van der Waals surface area contributed by atoms with Crippen molar-refractivity contribution in [1.82, 2.24) is 0 Å². The molecule has 0 bridgehead atoms. The van der Waals surface area contributed by atoms with Crippen LogP contribution < -0.4 is 10.6 Å². The van der Waals surface area contributed by atoms with E-state index in [1.165, 1.54) is 30.5 Å². The highest BCUT2D eigenvalue weighted by Crippen LogP contribution is 2.43. The van der Waals surface area contributed by atoms with E-state index in [0.717, 1.165) is 13.0 Å². The van der Waals surface area contributed by atoms with Crippen LogP contribution in [0.15, 0.2) is 24.3 Å². The molecular weight excluding hydrogens is 196 g/mol. The Morgan fingerprint density at radius 3 is 2.81 bits per heavy atom. The molecule has 1 atom stereocenters. The van der Waals surface area contributed by atoms with Crippen LogP contribution in [0.1, 0.15) is 31.7 Å². The Morgan fingerprint density at radius 1 is 1.38 bits per heavy atom. The number of hydrogen-bond donors (Lipinski definition) is 1. The minimum Gasteiger partial charge on any atom is -0.366 e. The van der Waals surface area contributed by atoms with Gasteiger partial charge in [0, 0.05) is 23.8 Å². The first-order chi connectivity index (χ1) is 7.74. The maximum absolute atomic E-state index is 6.40. The molecule has 86 valence electrons. The highest BCUT2D eigenvalue weighted by atomic mass is 15.2. The molecule has 0 amide bonds. The molecule has 0 saturated heterocycles. The summed E-state index contributed by atoms with van der Waals surface area (Å²) in [5, 5.41) is 0. The number of fused-ring (bicyclic) bond motifs is 1. The molecule has 1 unspecified atom stereocenters. The maximum atomic E-state index is 6.40. The molecular formula is C14H20N2. The highest BCUT2D eigenvalue weighted by molar-refractivity contribution is 5.59. The molecule has 0 radical (unpaired) electrons. The van der Waals surface area contributed by atoms with E-state index in [1.54, 1.807) is 0 Å². The standard InChI is InChI=1S/C14H20N2/c1-2-13(14(15)8-9-14)16-10-7-11-5-3-4-6-12(11)16/h3-6,13H,2,7-10,15H2,1H3. The van der Waals surface area contributed by atoms with E-state index in [9.17, 15) is 0 Å². The lowest BCUT2D eigenvalue weighted by Crippen LogP contribution is -2.49. The van der Waals surface area contributed by atoms with Gasteiger partial charge in [-0.3, -0.25) is 0 Å². The predicted molar refractivity (Wildman–Crippen MR) is 67.7 cm³/mol. The van der Waals surface area contributed by atoms with Crippen molar-refractivity contribution < 1.29 is 0 Å². The van der Waals surface area contributed by atoms with Gasteiger partial charge in [0.05, 0.1) is 0 Å². The molecule has 0 spiro atoms. The first kappa shape index (κ1) is 10.2. The fraction of sp³-hybridized carbons (Fsp3) is 0.571. The van der Waals surface area contributed by atoms with Crippen molar-refractivity contribution in [3.8, 4) is 0 Å². The Bertz CT molecular complexity index is 395. The van der Waals surface area contributed by atoms with E-state index in [-0.39, 0.29) is 5.54 Å². The van der Waals surface area contributed by atoms with Crippen LogP contribution in [0.25, 0.3) is 0 Å². The minimum atomic E-state index is 0.103. The number of benzene rings is 1. The van der Waals surface area contributed by atoms with Crippen molar-refractivity contribution >= 4 is 5.69 Å². The van der Waals surface area contributed by atoms with Crippen molar-refractivity contribution in [2.45, 2.75) is 44.2 Å². The first-order valence-corrected chi connectivity index (χ1v) is 6.38. The summed E-state index contributed by atoms with van der Waals surface area (Å²) in [6.07, 6.45) is 4.74. The molecule has 2 nitrogen and oxygen atoms in total. The SMILES string of the molecule is CCC(N1CCc2ccccc21)C1(N)CC1. The normalized spacial score (nSPS) is 23.0. The summed E-state index contributed by atoms with van der Waals surface area (Å²) >= 11 is 0. The van der Waals surface area contributed by atoms with Crippen LogP contribution in [0.2, 0.25) is 0 Å². The quantitative estimate of drug-likeness (QED) is 0.840. The molecule has 2 aliphatic rings. The molecule has 1 aliphatic carbocycles. The Balaban J connectivity index is 1.91. The fourth-order valence-corrected chi connectivity index (χ4v) is 3.10. The Labute approximate surface area is 97.4 Å². The predicted octanol–water partition coefficient (Wildman–Crippen LogP) is 2.32. The summed E-state index contributed by atoms with van der Waals surface area (Å²) in [6, 6.07) is 9.31. The van der Waals surface area contributed by atoms with Gasteiger partial charge in [-0.2, -0.15) is 0 Å². The third-order valence-corrected chi connectivity index (χ3v) is 4.18. The van der Waals surface area contributed by atoms with Crippen molar-refractivity contribution in [3.63, 3.8) is 0 Å². The summed E-state index contributed by atoms with van der Waals surface area (Å²) in [5.41, 5.74) is 9.41. The van der Waals surface area contributed by atoms with E-state index in [4.69, 9.17) is 5.73 Å². The molecule has 2 heteroatoms. The van der Waals surface area contributed by atoms with Gasteiger partial charge in [-0.25, -0.2) is 0 Å². The van der Waals surface area contributed by atoms with Crippen molar-refractivity contribution in [2.24, 2.45) is 5.73 Å². The summed E-state index contributed by atoms with van der Waals surface area (Å²) in [6.45, 7) is 3.41. The lowest BCUT2D eigenvalue weighted by Gasteiger charge is -2.34. The van der Waals surface area contributed by atoms with Crippen molar-refractivity contribution in [1.29, 1.82) is 0 Å². The lowest BCUT2D eigenvalue weighted by molar-refractivity contribution is 0.466. The average Bonchev–Trinajstić information content (AvgIpc) is 2.91. The van der Waals surface area contributed by atoms with Gasteiger partial charge in [0.1, 0.15) is 0 Å². The van der Waals surface area contributed by atoms with Gasteiger partial charge in [-0.05, 0) is 37.3 Å². The molecule has 3 rings (SSSR count). The molecule has 0 aromatic heterocycles. The van der Waals surface area contributed by atoms with Gasteiger partial charge in [-0.15, -0.1) is 0 Å². The van der Waals surface area contributed by atoms with Gasteiger partial charge >= 0.3 is 0 Å². The van der Waals surface area contributed by atoms with Crippen LogP contribution >= 0.6 is 0 Å². The summed E-state index contributed by atoms with van der Waals surface area (Å²) in [5.74, 6) is 0. The van der Waals surface area contributed by atoms with Crippen molar-refractivity contribution in [3.05, 3.63) is 29.8 Å². The second kappa shape index (κ2) is 3.49. The van der Waals surface area contributed by atoms with Crippen molar-refractivity contribution in [2.75, 3.05) is 11.4 Å². The second-order valence-electron chi connectivity index (χ2n) is 5.23. The smallest absolute Gasteiger partial charge is 0.0467 e. The number of hydrogen-bond acceptors (Lipinski definition) is 2.